The number of halogens is 1. The molecule has 0 radical (unpaired) electrons. The van der Waals surface area contributed by atoms with Crippen molar-refractivity contribution in [1.29, 1.82) is 0 Å². The number of esters is 1. The fourth-order valence-corrected chi connectivity index (χ4v) is 3.84. The van der Waals surface area contributed by atoms with Crippen molar-refractivity contribution in [2.75, 3.05) is 6.61 Å². The van der Waals surface area contributed by atoms with Crippen LogP contribution in [-0.4, -0.2) is 18.4 Å². The zero-order valence-corrected chi connectivity index (χ0v) is 16.9. The summed E-state index contributed by atoms with van der Waals surface area (Å²) in [4.78, 5) is 37.7. The Balaban J connectivity index is 2.42. The molecule has 1 N–H and O–H groups in total. The van der Waals surface area contributed by atoms with Crippen molar-refractivity contribution in [1.82, 2.24) is 5.32 Å². The number of dihydropyridines is 1. The highest BCUT2D eigenvalue weighted by Gasteiger charge is 2.37. The molecule has 1 aliphatic heterocycles. The molecular weight excluding hydrogens is 377 g/mol. The minimum atomic E-state index is -0.860. The normalized spacial score (nSPS) is 16.8. The quantitative estimate of drug-likeness (QED) is 0.791. The molecule has 0 spiro atoms. The van der Waals surface area contributed by atoms with Crippen molar-refractivity contribution in [3.05, 3.63) is 68.1 Å². The van der Waals surface area contributed by atoms with Crippen LogP contribution >= 0.6 is 0 Å². The number of benzene rings is 1. The van der Waals surface area contributed by atoms with Crippen LogP contribution in [0.4, 0.5) is 4.39 Å². The van der Waals surface area contributed by atoms with E-state index < -0.39 is 23.1 Å². The van der Waals surface area contributed by atoms with E-state index in [0.29, 0.717) is 28.3 Å². The molecule has 0 aliphatic carbocycles. The summed E-state index contributed by atoms with van der Waals surface area (Å²) in [6, 6.07) is 3.80. The number of carbonyl (C=O) groups excluding carboxylic acids is 2. The lowest BCUT2D eigenvalue weighted by atomic mass is 9.78. The maximum absolute atomic E-state index is 14.5. The molecule has 2 heterocycles. The van der Waals surface area contributed by atoms with Gasteiger partial charge in [-0.25, -0.2) is 9.18 Å². The fourth-order valence-electron chi connectivity index (χ4n) is 3.84. The molecule has 0 saturated carbocycles. The minimum Gasteiger partial charge on any atom is -0.463 e. The number of Topliss-reactive ketones (excluding diaryl/α,β-unsaturated/α-hetero) is 1. The number of hydrogen-bond acceptors (Lipinski definition) is 6. The van der Waals surface area contributed by atoms with Gasteiger partial charge in [0.15, 0.2) is 11.2 Å². The van der Waals surface area contributed by atoms with Gasteiger partial charge in [0.1, 0.15) is 22.5 Å². The van der Waals surface area contributed by atoms with Crippen LogP contribution in [0.1, 0.15) is 44.9 Å². The van der Waals surface area contributed by atoms with Crippen molar-refractivity contribution in [2.45, 2.75) is 40.5 Å². The average molecular weight is 399 g/mol. The fraction of sp³-hybridized carbons (Fsp3) is 0.318. The first-order valence-electron chi connectivity index (χ1n) is 9.26. The van der Waals surface area contributed by atoms with Gasteiger partial charge in [0, 0.05) is 28.6 Å². The van der Waals surface area contributed by atoms with Crippen LogP contribution < -0.4 is 10.7 Å². The third kappa shape index (κ3) is 3.48. The zero-order chi connectivity index (χ0) is 21.5. The van der Waals surface area contributed by atoms with E-state index in [2.05, 4.69) is 5.32 Å². The number of carbonyl (C=O) groups is 2. The summed E-state index contributed by atoms with van der Waals surface area (Å²) in [6.45, 7) is 8.23. The molecule has 1 unspecified atom stereocenters. The first-order chi connectivity index (χ1) is 13.7. The van der Waals surface area contributed by atoms with Gasteiger partial charge in [-0.15, -0.1) is 0 Å². The number of rotatable bonds is 4. The Morgan fingerprint density at radius 2 is 1.83 bits per heavy atom. The second-order valence-corrected chi connectivity index (χ2v) is 6.97. The summed E-state index contributed by atoms with van der Waals surface area (Å²) < 4.78 is 25.4. The average Bonchev–Trinajstić information content (AvgIpc) is 2.60. The topological polar surface area (TPSA) is 85.6 Å². The van der Waals surface area contributed by atoms with E-state index in [1.807, 2.05) is 0 Å². The maximum atomic E-state index is 14.5. The van der Waals surface area contributed by atoms with Gasteiger partial charge in [-0.05, 0) is 40.7 Å². The van der Waals surface area contributed by atoms with Gasteiger partial charge in [0.2, 0.25) is 0 Å². The molecule has 0 fully saturated rings. The van der Waals surface area contributed by atoms with Crippen molar-refractivity contribution in [2.24, 2.45) is 0 Å². The van der Waals surface area contributed by atoms with Gasteiger partial charge in [-0.2, -0.15) is 0 Å². The summed E-state index contributed by atoms with van der Waals surface area (Å²) >= 11 is 0. The SMILES string of the molecule is CCOC(=O)C1=C(C)NC(C)=C(C(C)=O)C1c1ccc(F)c2c(=O)cc(C)oc12. The Morgan fingerprint density at radius 3 is 2.45 bits per heavy atom. The molecule has 3 rings (SSSR count). The van der Waals surface area contributed by atoms with Gasteiger partial charge >= 0.3 is 5.97 Å². The molecule has 0 amide bonds. The highest BCUT2D eigenvalue weighted by molar-refractivity contribution is 6.03. The zero-order valence-electron chi connectivity index (χ0n) is 16.9. The Labute approximate surface area is 167 Å². The summed E-state index contributed by atoms with van der Waals surface area (Å²) in [5, 5.41) is 2.84. The van der Waals surface area contributed by atoms with Crippen molar-refractivity contribution < 1.29 is 23.1 Å². The largest absolute Gasteiger partial charge is 0.463 e. The van der Waals surface area contributed by atoms with Crippen molar-refractivity contribution >= 4 is 22.7 Å². The van der Waals surface area contributed by atoms with E-state index >= 15 is 0 Å². The molecule has 1 aromatic carbocycles. The first kappa shape index (κ1) is 20.5. The van der Waals surface area contributed by atoms with Crippen LogP contribution in [0.5, 0.6) is 0 Å². The van der Waals surface area contributed by atoms with E-state index in [0.717, 1.165) is 6.07 Å². The Kier molecular flexibility index (Phi) is 5.42. The number of ether oxygens (including phenoxy) is 1. The third-order valence-corrected chi connectivity index (χ3v) is 4.93. The lowest BCUT2D eigenvalue weighted by Crippen LogP contribution is -2.31. The molecular formula is C22H22FNO5. The number of hydrogen-bond donors (Lipinski definition) is 1. The van der Waals surface area contributed by atoms with Gasteiger partial charge in [0.25, 0.3) is 0 Å². The second-order valence-electron chi connectivity index (χ2n) is 6.97. The number of aryl methyl sites for hydroxylation is 1. The molecule has 2 aromatic rings. The van der Waals surface area contributed by atoms with Crippen molar-refractivity contribution in [3.63, 3.8) is 0 Å². The van der Waals surface area contributed by atoms with Gasteiger partial charge in [-0.1, -0.05) is 6.07 Å². The molecule has 7 heteroatoms. The molecule has 0 bridgehead atoms. The molecule has 152 valence electrons. The van der Waals surface area contributed by atoms with Crippen LogP contribution in [0.3, 0.4) is 0 Å². The molecule has 1 atom stereocenters. The predicted octanol–water partition coefficient (Wildman–Crippen LogP) is 3.63. The van der Waals surface area contributed by atoms with E-state index in [1.165, 1.54) is 19.1 Å². The van der Waals surface area contributed by atoms with Crippen LogP contribution in [-0.2, 0) is 14.3 Å². The second kappa shape index (κ2) is 7.66. The van der Waals surface area contributed by atoms with Gasteiger partial charge in [-0.3, -0.25) is 9.59 Å². The Hall–Kier alpha value is -3.22. The standard InChI is InChI=1S/C22H22FNO5/c1-6-28-22(27)18-12(4)24-11(3)17(13(5)25)19(18)14-7-8-15(23)20-16(26)9-10(2)29-21(14)20/h7-9,19,24H,6H2,1-5H3. The molecule has 6 nitrogen and oxygen atoms in total. The monoisotopic (exact) mass is 399 g/mol. The van der Waals surface area contributed by atoms with E-state index in [1.54, 1.807) is 27.7 Å². The first-order valence-corrected chi connectivity index (χ1v) is 9.26. The van der Waals surface area contributed by atoms with Gasteiger partial charge in [0.05, 0.1) is 18.1 Å². The lowest BCUT2D eigenvalue weighted by Gasteiger charge is -2.30. The van der Waals surface area contributed by atoms with Crippen LogP contribution in [0.2, 0.25) is 0 Å². The van der Waals surface area contributed by atoms with Crippen LogP contribution in [0, 0.1) is 12.7 Å². The Bertz CT molecular complexity index is 1160. The Morgan fingerprint density at radius 1 is 1.17 bits per heavy atom. The maximum Gasteiger partial charge on any atom is 0.336 e. The summed E-state index contributed by atoms with van der Waals surface area (Å²) in [6.07, 6.45) is 0. The molecule has 0 saturated heterocycles. The highest BCUT2D eigenvalue weighted by Crippen LogP contribution is 2.41. The third-order valence-electron chi connectivity index (χ3n) is 4.93. The van der Waals surface area contributed by atoms with Crippen molar-refractivity contribution in [3.8, 4) is 0 Å². The van der Waals surface area contributed by atoms with E-state index in [-0.39, 0.29) is 28.9 Å². The summed E-state index contributed by atoms with van der Waals surface area (Å²) in [5.41, 5.74) is 1.48. The van der Waals surface area contributed by atoms with Gasteiger partial charge < -0.3 is 14.5 Å². The number of allylic oxidation sites excluding steroid dienone is 3. The molecule has 1 aromatic heterocycles. The molecule has 29 heavy (non-hydrogen) atoms. The summed E-state index contributed by atoms with van der Waals surface area (Å²) in [5.74, 6) is -2.15. The minimum absolute atomic E-state index is 0.0167. The van der Waals surface area contributed by atoms with Crippen LogP contribution in [0.15, 0.2) is 50.0 Å². The smallest absolute Gasteiger partial charge is 0.336 e. The summed E-state index contributed by atoms with van der Waals surface area (Å²) in [7, 11) is 0. The number of nitrogens with one attached hydrogen (secondary N) is 1. The number of ketones is 1. The molecule has 1 aliphatic rings. The van der Waals surface area contributed by atoms with E-state index in [4.69, 9.17) is 9.15 Å². The highest BCUT2D eigenvalue weighted by atomic mass is 19.1. The predicted molar refractivity (Wildman–Crippen MR) is 106 cm³/mol. The lowest BCUT2D eigenvalue weighted by molar-refractivity contribution is -0.138. The number of fused-ring (bicyclic) bond motifs is 1. The van der Waals surface area contributed by atoms with Crippen LogP contribution in [0.25, 0.3) is 11.0 Å². The van der Waals surface area contributed by atoms with E-state index in [9.17, 15) is 18.8 Å².